The highest BCUT2D eigenvalue weighted by molar-refractivity contribution is 5.79. The summed E-state index contributed by atoms with van der Waals surface area (Å²) in [7, 11) is 0. The fraction of sp³-hybridized carbons (Fsp3) is 0.588. The number of H-pyrrole nitrogens is 1. The molecule has 3 unspecified atom stereocenters. The molecule has 1 heterocycles. The SMILES string of the molecule is Cc1cc(C)c2nc(CC3CC4CCC3C4)[nH]c2c1. The van der Waals surface area contributed by atoms with Crippen molar-refractivity contribution < 1.29 is 0 Å². The van der Waals surface area contributed by atoms with Crippen molar-refractivity contribution in [1.82, 2.24) is 9.97 Å². The molecule has 2 fully saturated rings. The Hall–Kier alpha value is -1.31. The van der Waals surface area contributed by atoms with E-state index in [0.717, 1.165) is 24.2 Å². The first-order valence-corrected chi connectivity index (χ1v) is 7.65. The summed E-state index contributed by atoms with van der Waals surface area (Å²) in [5, 5.41) is 0. The van der Waals surface area contributed by atoms with Crippen LogP contribution in [0.5, 0.6) is 0 Å². The number of aryl methyl sites for hydroxylation is 2. The highest BCUT2D eigenvalue weighted by Gasteiger charge is 2.39. The largest absolute Gasteiger partial charge is 0.342 e. The van der Waals surface area contributed by atoms with E-state index in [9.17, 15) is 0 Å². The third-order valence-electron chi connectivity index (χ3n) is 5.31. The van der Waals surface area contributed by atoms with Crippen LogP contribution < -0.4 is 0 Å². The molecule has 0 spiro atoms. The second-order valence-corrected chi connectivity index (χ2v) is 6.80. The molecule has 0 aliphatic heterocycles. The van der Waals surface area contributed by atoms with Gasteiger partial charge in [0.15, 0.2) is 0 Å². The minimum atomic E-state index is 0.890. The van der Waals surface area contributed by atoms with Crippen LogP contribution in [-0.2, 0) is 6.42 Å². The van der Waals surface area contributed by atoms with Gasteiger partial charge in [-0.25, -0.2) is 4.98 Å². The zero-order valence-corrected chi connectivity index (χ0v) is 11.9. The zero-order valence-electron chi connectivity index (χ0n) is 11.9. The second-order valence-electron chi connectivity index (χ2n) is 6.80. The summed E-state index contributed by atoms with van der Waals surface area (Å²) in [6, 6.07) is 4.45. The molecule has 2 nitrogen and oxygen atoms in total. The van der Waals surface area contributed by atoms with Crippen LogP contribution in [0.15, 0.2) is 12.1 Å². The van der Waals surface area contributed by atoms with Gasteiger partial charge in [-0.05, 0) is 68.1 Å². The van der Waals surface area contributed by atoms with Gasteiger partial charge >= 0.3 is 0 Å². The molecule has 2 aromatic rings. The Kier molecular flexibility index (Phi) is 2.48. The Balaban J connectivity index is 1.63. The van der Waals surface area contributed by atoms with Gasteiger partial charge in [-0.15, -0.1) is 0 Å². The standard InChI is InChI=1S/C17H22N2/c1-10-5-11(2)17-15(6-10)18-16(19-17)9-14-8-12-3-4-13(14)7-12/h5-6,12-14H,3-4,7-9H2,1-2H3,(H,18,19). The minimum absolute atomic E-state index is 0.890. The normalized spacial score (nSPS) is 29.5. The summed E-state index contributed by atoms with van der Waals surface area (Å²) in [4.78, 5) is 8.40. The first-order valence-electron chi connectivity index (χ1n) is 7.65. The van der Waals surface area contributed by atoms with Crippen molar-refractivity contribution in [2.75, 3.05) is 0 Å². The molecule has 2 aliphatic rings. The number of aromatic amines is 1. The molecule has 1 aromatic heterocycles. The van der Waals surface area contributed by atoms with Crippen molar-refractivity contribution in [1.29, 1.82) is 0 Å². The van der Waals surface area contributed by atoms with Gasteiger partial charge in [0.05, 0.1) is 11.0 Å². The lowest BCUT2D eigenvalue weighted by molar-refractivity contribution is 0.327. The minimum Gasteiger partial charge on any atom is -0.342 e. The molecule has 1 N–H and O–H groups in total. The number of benzene rings is 1. The van der Waals surface area contributed by atoms with Crippen LogP contribution >= 0.6 is 0 Å². The third kappa shape index (κ3) is 1.89. The predicted octanol–water partition coefficient (Wildman–Crippen LogP) is 4.16. The molecular weight excluding hydrogens is 232 g/mol. The summed E-state index contributed by atoms with van der Waals surface area (Å²) in [5.74, 6) is 4.12. The topological polar surface area (TPSA) is 28.7 Å². The molecule has 2 bridgehead atoms. The molecule has 4 rings (SSSR count). The average Bonchev–Trinajstić information content (AvgIpc) is 3.03. The van der Waals surface area contributed by atoms with Crippen LogP contribution in [0.4, 0.5) is 0 Å². The summed E-state index contributed by atoms with van der Waals surface area (Å²) in [6.07, 6.45) is 7.05. The van der Waals surface area contributed by atoms with Gasteiger partial charge in [-0.1, -0.05) is 12.5 Å². The van der Waals surface area contributed by atoms with E-state index in [1.165, 1.54) is 53.7 Å². The van der Waals surface area contributed by atoms with Crippen LogP contribution in [0.25, 0.3) is 11.0 Å². The van der Waals surface area contributed by atoms with Gasteiger partial charge in [0, 0.05) is 6.42 Å². The Bertz CT molecular complexity index is 625. The zero-order chi connectivity index (χ0) is 13.0. The van der Waals surface area contributed by atoms with E-state index >= 15 is 0 Å². The van der Waals surface area contributed by atoms with E-state index in [0.29, 0.717) is 0 Å². The van der Waals surface area contributed by atoms with E-state index in [2.05, 4.69) is 31.0 Å². The van der Waals surface area contributed by atoms with Gasteiger partial charge in [0.25, 0.3) is 0 Å². The van der Waals surface area contributed by atoms with Crippen molar-refractivity contribution in [3.05, 3.63) is 29.1 Å². The quantitative estimate of drug-likeness (QED) is 0.856. The number of nitrogens with one attached hydrogen (secondary N) is 1. The smallest absolute Gasteiger partial charge is 0.107 e. The number of fused-ring (bicyclic) bond motifs is 3. The van der Waals surface area contributed by atoms with Crippen LogP contribution in [0.2, 0.25) is 0 Å². The summed E-state index contributed by atoms with van der Waals surface area (Å²) >= 11 is 0. The van der Waals surface area contributed by atoms with E-state index in [-0.39, 0.29) is 0 Å². The lowest BCUT2D eigenvalue weighted by Crippen LogP contribution is -2.13. The third-order valence-corrected chi connectivity index (χ3v) is 5.31. The fourth-order valence-electron chi connectivity index (χ4n) is 4.49. The van der Waals surface area contributed by atoms with Crippen molar-refractivity contribution in [3.8, 4) is 0 Å². The monoisotopic (exact) mass is 254 g/mol. The maximum Gasteiger partial charge on any atom is 0.107 e. The van der Waals surface area contributed by atoms with Crippen LogP contribution in [0.3, 0.4) is 0 Å². The molecule has 0 amide bonds. The number of rotatable bonds is 2. The summed E-state index contributed by atoms with van der Waals surface area (Å²) in [6.45, 7) is 4.32. The molecule has 1 aromatic carbocycles. The van der Waals surface area contributed by atoms with E-state index in [1.807, 2.05) is 0 Å². The number of hydrogen-bond donors (Lipinski definition) is 1. The van der Waals surface area contributed by atoms with E-state index < -0.39 is 0 Å². The van der Waals surface area contributed by atoms with Crippen LogP contribution in [0.1, 0.15) is 42.6 Å². The van der Waals surface area contributed by atoms with Gasteiger partial charge < -0.3 is 4.98 Å². The molecule has 19 heavy (non-hydrogen) atoms. The highest BCUT2D eigenvalue weighted by Crippen LogP contribution is 2.49. The molecule has 2 saturated carbocycles. The van der Waals surface area contributed by atoms with E-state index in [4.69, 9.17) is 4.98 Å². The summed E-state index contributed by atoms with van der Waals surface area (Å²) in [5.41, 5.74) is 5.00. The van der Waals surface area contributed by atoms with Crippen LogP contribution in [0, 0.1) is 31.6 Å². The maximum atomic E-state index is 4.84. The van der Waals surface area contributed by atoms with E-state index in [1.54, 1.807) is 0 Å². The molecule has 2 aliphatic carbocycles. The average molecular weight is 254 g/mol. The number of imidazole rings is 1. The molecule has 100 valence electrons. The fourth-order valence-corrected chi connectivity index (χ4v) is 4.49. The molecule has 0 saturated heterocycles. The van der Waals surface area contributed by atoms with Crippen molar-refractivity contribution >= 4 is 11.0 Å². The number of hydrogen-bond acceptors (Lipinski definition) is 1. The Morgan fingerprint density at radius 3 is 2.84 bits per heavy atom. The molecule has 2 heteroatoms. The molecule has 0 radical (unpaired) electrons. The van der Waals surface area contributed by atoms with Crippen molar-refractivity contribution in [2.24, 2.45) is 17.8 Å². The molecule has 3 atom stereocenters. The lowest BCUT2D eigenvalue weighted by atomic mass is 9.86. The Morgan fingerprint density at radius 1 is 1.21 bits per heavy atom. The second kappa shape index (κ2) is 4.09. The maximum absolute atomic E-state index is 4.84. The lowest BCUT2D eigenvalue weighted by Gasteiger charge is -2.20. The van der Waals surface area contributed by atoms with Crippen LogP contribution in [-0.4, -0.2) is 9.97 Å². The van der Waals surface area contributed by atoms with Gasteiger partial charge in [0.1, 0.15) is 5.82 Å². The predicted molar refractivity (Wildman–Crippen MR) is 78.2 cm³/mol. The molecular formula is C17H22N2. The Labute approximate surface area is 114 Å². The van der Waals surface area contributed by atoms with Gasteiger partial charge in [0.2, 0.25) is 0 Å². The Morgan fingerprint density at radius 2 is 2.11 bits per heavy atom. The highest BCUT2D eigenvalue weighted by atomic mass is 14.9. The number of aromatic nitrogens is 2. The van der Waals surface area contributed by atoms with Crippen molar-refractivity contribution in [3.63, 3.8) is 0 Å². The number of nitrogens with zero attached hydrogens (tertiary/aromatic N) is 1. The summed E-state index contributed by atoms with van der Waals surface area (Å²) < 4.78 is 0. The van der Waals surface area contributed by atoms with Gasteiger partial charge in [-0.3, -0.25) is 0 Å². The first-order chi connectivity index (χ1) is 9.19. The van der Waals surface area contributed by atoms with Crippen molar-refractivity contribution in [2.45, 2.75) is 46.0 Å². The van der Waals surface area contributed by atoms with Gasteiger partial charge in [-0.2, -0.15) is 0 Å². The first kappa shape index (κ1) is 11.5.